The number of aromatic nitrogens is 3. The number of hydrogen-bond donors (Lipinski definition) is 3. The highest BCUT2D eigenvalue weighted by Gasteiger charge is 2.09. The number of rotatable bonds is 12. The number of guanidine groups is 1. The highest BCUT2D eigenvalue weighted by Crippen LogP contribution is 2.21. The van der Waals surface area contributed by atoms with E-state index in [-0.39, 0.29) is 0 Å². The molecule has 9 heteroatoms. The Bertz CT molecular complexity index is 968. The Morgan fingerprint density at radius 3 is 2.88 bits per heavy atom. The molecule has 172 valence electrons. The lowest BCUT2D eigenvalue weighted by Crippen LogP contribution is -2.38. The van der Waals surface area contributed by atoms with Crippen molar-refractivity contribution in [3.63, 3.8) is 0 Å². The van der Waals surface area contributed by atoms with E-state index >= 15 is 0 Å². The van der Waals surface area contributed by atoms with Gasteiger partial charge in [0.15, 0.2) is 11.7 Å². The predicted octanol–water partition coefficient (Wildman–Crippen LogP) is 3.09. The fourth-order valence-corrected chi connectivity index (χ4v) is 3.01. The molecule has 0 saturated carbocycles. The van der Waals surface area contributed by atoms with Crippen molar-refractivity contribution in [3.05, 3.63) is 53.5 Å². The maximum absolute atomic E-state index is 5.92. The lowest BCUT2D eigenvalue weighted by atomic mass is 10.1. The van der Waals surface area contributed by atoms with Crippen LogP contribution in [0.4, 0.5) is 0 Å². The van der Waals surface area contributed by atoms with Gasteiger partial charge in [0.25, 0.3) is 0 Å². The third kappa shape index (κ3) is 7.12. The quantitative estimate of drug-likeness (QED) is 0.226. The number of aliphatic imine (C=N–C) groups is 1. The van der Waals surface area contributed by atoms with Crippen molar-refractivity contribution in [2.24, 2.45) is 4.99 Å². The number of nitrogens with one attached hydrogen (secondary N) is 3. The first-order valence-corrected chi connectivity index (χ1v) is 11.0. The summed E-state index contributed by atoms with van der Waals surface area (Å²) in [6.45, 7) is 9.76. The molecule has 0 unspecified atom stereocenters. The molecule has 0 saturated heterocycles. The molecule has 2 heterocycles. The second-order valence-corrected chi connectivity index (χ2v) is 7.11. The van der Waals surface area contributed by atoms with Gasteiger partial charge in [-0.15, -0.1) is 0 Å². The summed E-state index contributed by atoms with van der Waals surface area (Å²) in [5.74, 6) is 3.56. The highest BCUT2D eigenvalue weighted by molar-refractivity contribution is 5.79. The van der Waals surface area contributed by atoms with Gasteiger partial charge in [0, 0.05) is 31.7 Å². The second-order valence-electron chi connectivity index (χ2n) is 7.11. The number of benzene rings is 1. The average Bonchev–Trinajstić information content (AvgIpc) is 3.48. The van der Waals surface area contributed by atoms with Crippen molar-refractivity contribution in [3.8, 4) is 17.3 Å². The van der Waals surface area contributed by atoms with Gasteiger partial charge in [0.05, 0.1) is 19.4 Å². The average molecular weight is 441 g/mol. The van der Waals surface area contributed by atoms with E-state index in [2.05, 4.69) is 44.9 Å². The summed E-state index contributed by atoms with van der Waals surface area (Å²) < 4.78 is 16.6. The standard InChI is InChI=1S/C23H32N6O3/c1-4-24-23(25-11-10-21-27-22(29-28-21)19-7-6-12-31-19)26-16-18-9-8-17(3)15-20(18)32-14-13-30-5-2/h6-9,12,15H,4-5,10-11,13-14,16H2,1-3H3,(H2,24,25,26)(H,27,28,29). The van der Waals surface area contributed by atoms with Gasteiger partial charge in [-0.05, 0) is 44.5 Å². The lowest BCUT2D eigenvalue weighted by molar-refractivity contribution is 0.110. The normalized spacial score (nSPS) is 11.5. The minimum Gasteiger partial charge on any atom is -0.491 e. The van der Waals surface area contributed by atoms with E-state index in [0.717, 1.165) is 35.2 Å². The number of aryl methyl sites for hydroxylation is 1. The van der Waals surface area contributed by atoms with Crippen LogP contribution in [0.5, 0.6) is 5.75 Å². The summed E-state index contributed by atoms with van der Waals surface area (Å²) in [5, 5.41) is 13.8. The molecule has 0 radical (unpaired) electrons. The second kappa shape index (κ2) is 12.5. The Kier molecular flexibility index (Phi) is 9.12. The van der Waals surface area contributed by atoms with Gasteiger partial charge in [0.2, 0.25) is 5.82 Å². The Labute approximate surface area is 188 Å². The minimum absolute atomic E-state index is 0.504. The van der Waals surface area contributed by atoms with Crippen LogP contribution in [-0.2, 0) is 17.7 Å². The third-order valence-corrected chi connectivity index (χ3v) is 4.59. The SMILES string of the molecule is CCNC(=NCc1ccc(C)cc1OCCOCC)NCCc1nc(-c2ccco2)n[nH]1. The Morgan fingerprint density at radius 1 is 1.19 bits per heavy atom. The number of nitrogens with zero attached hydrogens (tertiary/aromatic N) is 3. The topological polar surface area (TPSA) is 110 Å². The molecule has 3 rings (SSSR count). The summed E-state index contributed by atoms with van der Waals surface area (Å²) in [6, 6.07) is 9.82. The molecule has 0 bridgehead atoms. The smallest absolute Gasteiger partial charge is 0.216 e. The van der Waals surface area contributed by atoms with E-state index in [1.807, 2.05) is 32.0 Å². The van der Waals surface area contributed by atoms with E-state index in [1.165, 1.54) is 0 Å². The van der Waals surface area contributed by atoms with Crippen molar-refractivity contribution < 1.29 is 13.9 Å². The van der Waals surface area contributed by atoms with Crippen LogP contribution in [-0.4, -0.2) is 54.1 Å². The lowest BCUT2D eigenvalue weighted by Gasteiger charge is -2.13. The molecule has 1 aromatic carbocycles. The number of H-pyrrole nitrogens is 1. The molecule has 0 spiro atoms. The first-order valence-electron chi connectivity index (χ1n) is 11.0. The molecule has 3 N–H and O–H groups in total. The van der Waals surface area contributed by atoms with Crippen LogP contribution in [0.1, 0.15) is 30.8 Å². The molecule has 2 aromatic heterocycles. The van der Waals surface area contributed by atoms with Crippen LogP contribution in [0.25, 0.3) is 11.6 Å². The summed E-state index contributed by atoms with van der Waals surface area (Å²) >= 11 is 0. The summed E-state index contributed by atoms with van der Waals surface area (Å²) in [4.78, 5) is 9.18. The van der Waals surface area contributed by atoms with E-state index in [1.54, 1.807) is 6.26 Å². The van der Waals surface area contributed by atoms with Gasteiger partial charge >= 0.3 is 0 Å². The first-order chi connectivity index (χ1) is 15.7. The van der Waals surface area contributed by atoms with Gasteiger partial charge in [-0.3, -0.25) is 5.10 Å². The zero-order valence-corrected chi connectivity index (χ0v) is 19.0. The van der Waals surface area contributed by atoms with E-state index in [9.17, 15) is 0 Å². The zero-order valence-electron chi connectivity index (χ0n) is 19.0. The molecule has 3 aromatic rings. The Morgan fingerprint density at radius 2 is 2.09 bits per heavy atom. The summed E-state index contributed by atoms with van der Waals surface area (Å²) in [7, 11) is 0. The van der Waals surface area contributed by atoms with Crippen molar-refractivity contribution in [1.29, 1.82) is 0 Å². The number of aromatic amines is 1. The fraction of sp³-hybridized carbons (Fsp3) is 0.435. The largest absolute Gasteiger partial charge is 0.491 e. The molecule has 0 aliphatic heterocycles. The number of hydrogen-bond acceptors (Lipinski definition) is 6. The Balaban J connectivity index is 1.55. The van der Waals surface area contributed by atoms with Crippen molar-refractivity contribution in [2.75, 3.05) is 32.9 Å². The van der Waals surface area contributed by atoms with E-state index in [0.29, 0.717) is 50.9 Å². The fourth-order valence-electron chi connectivity index (χ4n) is 3.01. The van der Waals surface area contributed by atoms with E-state index in [4.69, 9.17) is 18.9 Å². The van der Waals surface area contributed by atoms with Crippen LogP contribution < -0.4 is 15.4 Å². The summed E-state index contributed by atoms with van der Waals surface area (Å²) in [6.07, 6.45) is 2.28. The third-order valence-electron chi connectivity index (χ3n) is 4.59. The molecule has 0 aliphatic rings. The maximum Gasteiger partial charge on any atom is 0.216 e. The van der Waals surface area contributed by atoms with Gasteiger partial charge in [0.1, 0.15) is 18.2 Å². The van der Waals surface area contributed by atoms with Crippen LogP contribution in [0, 0.1) is 6.92 Å². The van der Waals surface area contributed by atoms with E-state index < -0.39 is 0 Å². The Hall–Kier alpha value is -3.33. The van der Waals surface area contributed by atoms with Crippen LogP contribution >= 0.6 is 0 Å². The zero-order chi connectivity index (χ0) is 22.6. The monoisotopic (exact) mass is 440 g/mol. The molecule has 32 heavy (non-hydrogen) atoms. The van der Waals surface area contributed by atoms with Crippen molar-refractivity contribution >= 4 is 5.96 Å². The van der Waals surface area contributed by atoms with Gasteiger partial charge in [-0.2, -0.15) is 5.10 Å². The maximum atomic E-state index is 5.92. The van der Waals surface area contributed by atoms with Gasteiger partial charge in [-0.1, -0.05) is 12.1 Å². The van der Waals surface area contributed by atoms with Crippen molar-refractivity contribution in [1.82, 2.24) is 25.8 Å². The van der Waals surface area contributed by atoms with Crippen LogP contribution in [0.3, 0.4) is 0 Å². The molecular formula is C23H32N6O3. The first kappa shape index (κ1) is 23.3. The molecular weight excluding hydrogens is 408 g/mol. The van der Waals surface area contributed by atoms with Crippen LogP contribution in [0.2, 0.25) is 0 Å². The van der Waals surface area contributed by atoms with Crippen molar-refractivity contribution in [2.45, 2.75) is 33.7 Å². The molecule has 0 aliphatic carbocycles. The highest BCUT2D eigenvalue weighted by atomic mass is 16.5. The van der Waals surface area contributed by atoms with Crippen LogP contribution in [0.15, 0.2) is 46.0 Å². The molecule has 0 atom stereocenters. The van der Waals surface area contributed by atoms with Gasteiger partial charge < -0.3 is 24.5 Å². The van der Waals surface area contributed by atoms with Gasteiger partial charge in [-0.25, -0.2) is 9.98 Å². The number of ether oxygens (including phenoxy) is 2. The predicted molar refractivity (Wildman–Crippen MR) is 124 cm³/mol. The molecule has 0 amide bonds. The minimum atomic E-state index is 0.504. The molecule has 0 fully saturated rings. The molecule has 9 nitrogen and oxygen atoms in total. The summed E-state index contributed by atoms with van der Waals surface area (Å²) in [5.41, 5.74) is 2.18. The number of furan rings is 1.